The molecule has 2 bridgehead atoms. The van der Waals surface area contributed by atoms with E-state index in [4.69, 9.17) is 10.7 Å². The molecule has 3 unspecified atom stereocenters. The maximum atomic E-state index is 6.42. The molecule has 1 aliphatic carbocycles. The molecule has 3 aliphatic rings. The Morgan fingerprint density at radius 1 is 1.24 bits per heavy atom. The van der Waals surface area contributed by atoms with Crippen molar-refractivity contribution in [2.45, 2.75) is 76.4 Å². The SMILES string of the molecule is CN1C2CCC1CC(c1nc3c(s1)C(N)CC(C)(C)C3)C2. The third kappa shape index (κ3) is 2.36. The number of aromatic nitrogens is 1. The van der Waals surface area contributed by atoms with Crippen molar-refractivity contribution in [1.29, 1.82) is 0 Å². The highest BCUT2D eigenvalue weighted by Gasteiger charge is 2.41. The van der Waals surface area contributed by atoms with Crippen molar-refractivity contribution in [2.24, 2.45) is 11.1 Å². The van der Waals surface area contributed by atoms with Crippen LogP contribution in [0.1, 0.15) is 73.5 Å². The molecule has 3 nitrogen and oxygen atoms in total. The molecule has 1 aromatic rings. The molecule has 0 spiro atoms. The predicted molar refractivity (Wildman–Crippen MR) is 87.7 cm³/mol. The van der Waals surface area contributed by atoms with Crippen LogP contribution in [-0.4, -0.2) is 29.0 Å². The van der Waals surface area contributed by atoms with Crippen molar-refractivity contribution in [2.75, 3.05) is 7.05 Å². The first-order valence-corrected chi connectivity index (χ1v) is 9.21. The van der Waals surface area contributed by atoms with Crippen molar-refractivity contribution >= 4 is 11.3 Å². The van der Waals surface area contributed by atoms with E-state index in [0.29, 0.717) is 11.3 Å². The Hall–Kier alpha value is -0.450. The lowest BCUT2D eigenvalue weighted by molar-refractivity contribution is 0.161. The second-order valence-corrected chi connectivity index (χ2v) is 9.30. The van der Waals surface area contributed by atoms with E-state index in [2.05, 4.69) is 25.8 Å². The van der Waals surface area contributed by atoms with Gasteiger partial charge in [-0.1, -0.05) is 13.8 Å². The molecule has 4 rings (SSSR count). The average molecular weight is 305 g/mol. The van der Waals surface area contributed by atoms with Crippen LogP contribution in [0.25, 0.3) is 0 Å². The van der Waals surface area contributed by atoms with E-state index >= 15 is 0 Å². The van der Waals surface area contributed by atoms with Gasteiger partial charge in [0.25, 0.3) is 0 Å². The van der Waals surface area contributed by atoms with Crippen LogP contribution in [0.3, 0.4) is 0 Å². The van der Waals surface area contributed by atoms with Crippen LogP contribution in [-0.2, 0) is 6.42 Å². The molecule has 0 saturated carbocycles. The summed E-state index contributed by atoms with van der Waals surface area (Å²) in [5.41, 5.74) is 8.04. The summed E-state index contributed by atoms with van der Waals surface area (Å²) in [4.78, 5) is 9.06. The molecule has 1 aromatic heterocycles. The lowest BCUT2D eigenvalue weighted by atomic mass is 9.77. The summed E-state index contributed by atoms with van der Waals surface area (Å²) >= 11 is 1.93. The number of nitrogens with two attached hydrogens (primary N) is 1. The molecule has 2 saturated heterocycles. The quantitative estimate of drug-likeness (QED) is 0.864. The van der Waals surface area contributed by atoms with Crippen LogP contribution in [0.15, 0.2) is 0 Å². The number of nitrogens with zero attached hydrogens (tertiary/aromatic N) is 2. The largest absolute Gasteiger partial charge is 0.323 e. The van der Waals surface area contributed by atoms with E-state index in [9.17, 15) is 0 Å². The summed E-state index contributed by atoms with van der Waals surface area (Å²) in [7, 11) is 2.31. The van der Waals surface area contributed by atoms with Gasteiger partial charge in [-0.15, -0.1) is 11.3 Å². The Kier molecular flexibility index (Phi) is 3.22. The van der Waals surface area contributed by atoms with Crippen LogP contribution in [0, 0.1) is 5.41 Å². The second-order valence-electron chi connectivity index (χ2n) is 8.23. The van der Waals surface area contributed by atoms with Gasteiger partial charge in [0, 0.05) is 28.9 Å². The summed E-state index contributed by atoms with van der Waals surface area (Å²) < 4.78 is 0. The summed E-state index contributed by atoms with van der Waals surface area (Å²) in [6.45, 7) is 4.65. The van der Waals surface area contributed by atoms with Crippen LogP contribution >= 0.6 is 11.3 Å². The van der Waals surface area contributed by atoms with Crippen LogP contribution in [0.2, 0.25) is 0 Å². The van der Waals surface area contributed by atoms with Gasteiger partial charge in [0.05, 0.1) is 10.7 Å². The predicted octanol–water partition coefficient (Wildman–Crippen LogP) is 3.46. The smallest absolute Gasteiger partial charge is 0.0963 e. The second kappa shape index (κ2) is 4.77. The number of piperidine rings is 1. The van der Waals surface area contributed by atoms with Gasteiger partial charge in [-0.25, -0.2) is 4.98 Å². The molecule has 3 atom stereocenters. The van der Waals surface area contributed by atoms with Crippen LogP contribution in [0.4, 0.5) is 0 Å². The Morgan fingerprint density at radius 2 is 1.90 bits per heavy atom. The van der Waals surface area contributed by atoms with Gasteiger partial charge in [0.1, 0.15) is 0 Å². The zero-order valence-electron chi connectivity index (χ0n) is 13.4. The molecule has 2 fully saturated rings. The fourth-order valence-corrected chi connectivity index (χ4v) is 6.01. The van der Waals surface area contributed by atoms with Gasteiger partial charge < -0.3 is 10.6 Å². The Morgan fingerprint density at radius 3 is 2.57 bits per heavy atom. The maximum Gasteiger partial charge on any atom is 0.0963 e. The molecule has 0 aromatic carbocycles. The highest BCUT2D eigenvalue weighted by Crippen LogP contribution is 2.47. The molecular formula is C17H27N3S. The molecule has 0 amide bonds. The minimum atomic E-state index is 0.206. The van der Waals surface area contributed by atoms with Gasteiger partial charge in [-0.2, -0.15) is 0 Å². The van der Waals surface area contributed by atoms with E-state index in [1.807, 2.05) is 11.3 Å². The third-order valence-electron chi connectivity index (χ3n) is 5.95. The maximum absolute atomic E-state index is 6.42. The monoisotopic (exact) mass is 305 g/mol. The van der Waals surface area contributed by atoms with E-state index in [-0.39, 0.29) is 6.04 Å². The Balaban J connectivity index is 1.61. The van der Waals surface area contributed by atoms with E-state index in [1.54, 1.807) is 0 Å². The standard InChI is InChI=1S/C17H27N3S/c1-17(2)8-13(18)15-14(9-17)19-16(21-15)10-6-11-4-5-12(7-10)20(11)3/h10-13H,4-9,18H2,1-3H3. The molecule has 2 aliphatic heterocycles. The number of hydrogen-bond acceptors (Lipinski definition) is 4. The zero-order chi connectivity index (χ0) is 14.8. The van der Waals surface area contributed by atoms with Crippen LogP contribution < -0.4 is 5.73 Å². The number of fused-ring (bicyclic) bond motifs is 3. The van der Waals surface area contributed by atoms with Crippen molar-refractivity contribution < 1.29 is 0 Å². The molecule has 4 heteroatoms. The minimum absolute atomic E-state index is 0.206. The van der Waals surface area contributed by atoms with Crippen molar-refractivity contribution in [3.63, 3.8) is 0 Å². The van der Waals surface area contributed by atoms with Gasteiger partial charge in [0.2, 0.25) is 0 Å². The van der Waals surface area contributed by atoms with Crippen molar-refractivity contribution in [3.05, 3.63) is 15.6 Å². The fourth-order valence-electron chi connectivity index (χ4n) is 4.80. The van der Waals surface area contributed by atoms with Crippen LogP contribution in [0.5, 0.6) is 0 Å². The summed E-state index contributed by atoms with van der Waals surface area (Å²) in [5, 5.41) is 1.39. The lowest BCUT2D eigenvalue weighted by Crippen LogP contribution is -2.39. The highest BCUT2D eigenvalue weighted by atomic mass is 32.1. The van der Waals surface area contributed by atoms with Gasteiger partial charge in [0.15, 0.2) is 0 Å². The Labute approximate surface area is 131 Å². The molecule has 3 heterocycles. The normalized spacial score (nSPS) is 38.5. The molecule has 21 heavy (non-hydrogen) atoms. The topological polar surface area (TPSA) is 42.2 Å². The average Bonchev–Trinajstić information content (AvgIpc) is 2.86. The lowest BCUT2D eigenvalue weighted by Gasteiger charge is -2.35. The molecule has 116 valence electrons. The summed E-state index contributed by atoms with van der Waals surface area (Å²) in [6.07, 6.45) is 7.58. The van der Waals surface area contributed by atoms with Gasteiger partial charge in [-0.3, -0.25) is 0 Å². The highest BCUT2D eigenvalue weighted by molar-refractivity contribution is 7.12. The first-order chi connectivity index (χ1) is 9.93. The van der Waals surface area contributed by atoms with E-state index < -0.39 is 0 Å². The first kappa shape index (κ1) is 14.2. The van der Waals surface area contributed by atoms with Crippen molar-refractivity contribution in [1.82, 2.24) is 9.88 Å². The Bertz CT molecular complexity index is 536. The minimum Gasteiger partial charge on any atom is -0.323 e. The van der Waals surface area contributed by atoms with Gasteiger partial charge >= 0.3 is 0 Å². The van der Waals surface area contributed by atoms with E-state index in [0.717, 1.165) is 24.9 Å². The summed E-state index contributed by atoms with van der Waals surface area (Å²) in [5.74, 6) is 0.685. The number of thiazole rings is 1. The van der Waals surface area contributed by atoms with E-state index in [1.165, 1.54) is 41.3 Å². The molecule has 2 N–H and O–H groups in total. The molecular weight excluding hydrogens is 278 g/mol. The summed E-state index contributed by atoms with van der Waals surface area (Å²) in [6, 6.07) is 1.79. The zero-order valence-corrected chi connectivity index (χ0v) is 14.2. The first-order valence-electron chi connectivity index (χ1n) is 8.40. The van der Waals surface area contributed by atoms with Crippen molar-refractivity contribution in [3.8, 4) is 0 Å². The number of hydrogen-bond donors (Lipinski definition) is 1. The van der Waals surface area contributed by atoms with Gasteiger partial charge in [-0.05, 0) is 51.0 Å². The third-order valence-corrected chi connectivity index (χ3v) is 7.34. The fraction of sp³-hybridized carbons (Fsp3) is 0.824. The number of rotatable bonds is 1. The molecule has 0 radical (unpaired) electrons.